The minimum absolute atomic E-state index is 0.121. The molecular weight excluding hydrogens is 412 g/mol. The molecule has 2 aromatic carbocycles. The molecule has 166 valence electrons. The third kappa shape index (κ3) is 9.70. The highest BCUT2D eigenvalue weighted by Gasteiger charge is 2.24. The fourth-order valence-corrected chi connectivity index (χ4v) is 3.85. The molecule has 0 heterocycles. The molecule has 2 rings (SSSR count). The molecule has 2 N–H and O–H groups in total. The molecule has 6 nitrogen and oxygen atoms in total. The Labute approximate surface area is 188 Å². The first-order chi connectivity index (χ1) is 15.0. The molecule has 2 amide bonds. The number of carbonyl (C=O) groups is 3. The highest BCUT2D eigenvalue weighted by Crippen LogP contribution is 2.18. The SMILES string of the molecule is CC(C)C[C@H](NC(=O)OCc1ccccc1)C(=O)NC(C=O)CCSc1ccccc1. The van der Waals surface area contributed by atoms with Crippen LogP contribution in [0.25, 0.3) is 0 Å². The lowest BCUT2D eigenvalue weighted by Crippen LogP contribution is -2.50. The molecule has 0 saturated carbocycles. The third-order valence-electron chi connectivity index (χ3n) is 4.46. The molecule has 31 heavy (non-hydrogen) atoms. The zero-order valence-corrected chi connectivity index (χ0v) is 18.8. The van der Waals surface area contributed by atoms with Gasteiger partial charge in [-0.15, -0.1) is 11.8 Å². The molecule has 7 heteroatoms. The van der Waals surface area contributed by atoms with Gasteiger partial charge in [-0.3, -0.25) is 4.79 Å². The highest BCUT2D eigenvalue weighted by atomic mass is 32.2. The third-order valence-corrected chi connectivity index (χ3v) is 5.51. The van der Waals surface area contributed by atoms with Crippen molar-refractivity contribution in [3.05, 3.63) is 66.2 Å². The Morgan fingerprint density at radius 2 is 1.65 bits per heavy atom. The van der Waals surface area contributed by atoms with E-state index in [0.717, 1.165) is 16.7 Å². The summed E-state index contributed by atoms with van der Waals surface area (Å²) < 4.78 is 5.23. The summed E-state index contributed by atoms with van der Waals surface area (Å²) in [7, 11) is 0. The average molecular weight is 443 g/mol. The first-order valence-corrected chi connectivity index (χ1v) is 11.4. The summed E-state index contributed by atoms with van der Waals surface area (Å²) >= 11 is 1.63. The summed E-state index contributed by atoms with van der Waals surface area (Å²) in [5, 5.41) is 5.38. The maximum Gasteiger partial charge on any atom is 0.408 e. The molecule has 0 bridgehead atoms. The van der Waals surface area contributed by atoms with Gasteiger partial charge < -0.3 is 20.2 Å². The number of hydrogen-bond donors (Lipinski definition) is 2. The molecule has 0 aromatic heterocycles. The Bertz CT molecular complexity index is 815. The second-order valence-electron chi connectivity index (χ2n) is 7.59. The number of carbonyl (C=O) groups excluding carboxylic acids is 3. The Hall–Kier alpha value is -2.80. The van der Waals surface area contributed by atoms with Gasteiger partial charge in [0.2, 0.25) is 5.91 Å². The van der Waals surface area contributed by atoms with Gasteiger partial charge in [0.1, 0.15) is 18.9 Å². The molecule has 0 aliphatic heterocycles. The van der Waals surface area contributed by atoms with Gasteiger partial charge >= 0.3 is 6.09 Å². The first-order valence-electron chi connectivity index (χ1n) is 10.4. The molecule has 0 aliphatic rings. The zero-order valence-electron chi connectivity index (χ0n) is 18.0. The lowest BCUT2D eigenvalue weighted by molar-refractivity contribution is -0.126. The minimum Gasteiger partial charge on any atom is -0.445 e. The van der Waals surface area contributed by atoms with E-state index in [4.69, 9.17) is 4.74 Å². The lowest BCUT2D eigenvalue weighted by atomic mass is 10.0. The summed E-state index contributed by atoms with van der Waals surface area (Å²) in [6.07, 6.45) is 1.02. The van der Waals surface area contributed by atoms with Gasteiger partial charge in [-0.05, 0) is 36.5 Å². The highest BCUT2D eigenvalue weighted by molar-refractivity contribution is 7.99. The summed E-state index contributed by atoms with van der Waals surface area (Å²) in [6, 6.07) is 17.8. The van der Waals surface area contributed by atoms with Crippen molar-refractivity contribution in [2.75, 3.05) is 5.75 Å². The molecule has 2 atom stereocenters. The van der Waals surface area contributed by atoms with E-state index in [9.17, 15) is 14.4 Å². The number of rotatable bonds is 12. The number of hydrogen-bond acceptors (Lipinski definition) is 5. The van der Waals surface area contributed by atoms with E-state index in [0.29, 0.717) is 18.6 Å². The summed E-state index contributed by atoms with van der Waals surface area (Å²) in [6.45, 7) is 4.05. The zero-order chi connectivity index (χ0) is 22.5. The van der Waals surface area contributed by atoms with Crippen molar-refractivity contribution in [2.24, 2.45) is 5.92 Å². The minimum atomic E-state index is -0.771. The Kier molecular flexibility index (Phi) is 10.6. The summed E-state index contributed by atoms with van der Waals surface area (Å²) in [4.78, 5) is 37.5. The first kappa shape index (κ1) is 24.5. The van der Waals surface area contributed by atoms with Crippen LogP contribution in [-0.4, -0.2) is 36.1 Å². The van der Waals surface area contributed by atoms with Gasteiger partial charge in [-0.2, -0.15) is 0 Å². The van der Waals surface area contributed by atoms with Crippen molar-refractivity contribution < 1.29 is 19.1 Å². The van der Waals surface area contributed by atoms with E-state index in [1.807, 2.05) is 74.5 Å². The Balaban J connectivity index is 1.84. The molecule has 1 unspecified atom stereocenters. The van der Waals surface area contributed by atoms with Crippen LogP contribution in [-0.2, 0) is 20.9 Å². The van der Waals surface area contributed by atoms with E-state index in [-0.39, 0.29) is 18.4 Å². The van der Waals surface area contributed by atoms with Crippen molar-refractivity contribution in [3.8, 4) is 0 Å². The molecule has 2 aromatic rings. The van der Waals surface area contributed by atoms with Crippen molar-refractivity contribution in [2.45, 2.75) is 50.3 Å². The molecule has 0 fully saturated rings. The molecule has 0 spiro atoms. The standard InChI is InChI=1S/C24H30N2O4S/c1-18(2)15-22(26-24(29)30-17-19-9-5-3-6-10-19)23(28)25-20(16-27)13-14-31-21-11-7-4-8-12-21/h3-12,16,18,20,22H,13-15,17H2,1-2H3,(H,25,28)(H,26,29)/t20?,22-/m0/s1. The molecule has 0 aliphatic carbocycles. The van der Waals surface area contributed by atoms with Gasteiger partial charge in [-0.1, -0.05) is 62.4 Å². The van der Waals surface area contributed by atoms with Crippen LogP contribution < -0.4 is 10.6 Å². The van der Waals surface area contributed by atoms with E-state index in [1.54, 1.807) is 11.8 Å². The second kappa shape index (κ2) is 13.5. The normalized spacial score (nSPS) is 12.6. The van der Waals surface area contributed by atoms with E-state index in [2.05, 4.69) is 10.6 Å². The van der Waals surface area contributed by atoms with Crippen molar-refractivity contribution in [1.82, 2.24) is 10.6 Å². The fraction of sp³-hybridized carbons (Fsp3) is 0.375. The van der Waals surface area contributed by atoms with Gasteiger partial charge in [0.25, 0.3) is 0 Å². The summed E-state index contributed by atoms with van der Waals surface area (Å²) in [5.41, 5.74) is 0.861. The number of alkyl carbamates (subject to hydrolysis) is 1. The smallest absolute Gasteiger partial charge is 0.408 e. The maximum absolute atomic E-state index is 12.7. The average Bonchev–Trinajstić information content (AvgIpc) is 2.77. The van der Waals surface area contributed by atoms with Crippen LogP contribution in [0.4, 0.5) is 4.79 Å². The van der Waals surface area contributed by atoms with Gasteiger partial charge in [0.05, 0.1) is 6.04 Å². The number of nitrogens with one attached hydrogen (secondary N) is 2. The number of amides is 2. The van der Waals surface area contributed by atoms with Gasteiger partial charge in [0.15, 0.2) is 0 Å². The van der Waals surface area contributed by atoms with Crippen molar-refractivity contribution >= 4 is 30.0 Å². The topological polar surface area (TPSA) is 84.5 Å². The largest absolute Gasteiger partial charge is 0.445 e. The van der Waals surface area contributed by atoms with Gasteiger partial charge in [-0.25, -0.2) is 4.79 Å². The number of aldehydes is 1. The van der Waals surface area contributed by atoms with Gasteiger partial charge in [0, 0.05) is 10.6 Å². The lowest BCUT2D eigenvalue weighted by Gasteiger charge is -2.22. The van der Waals surface area contributed by atoms with Crippen molar-refractivity contribution in [1.29, 1.82) is 0 Å². The number of thioether (sulfide) groups is 1. The van der Waals surface area contributed by atoms with E-state index < -0.39 is 18.2 Å². The number of ether oxygens (including phenoxy) is 1. The van der Waals surface area contributed by atoms with E-state index in [1.165, 1.54) is 0 Å². The Morgan fingerprint density at radius 1 is 1.00 bits per heavy atom. The molecule has 0 radical (unpaired) electrons. The summed E-state index contributed by atoms with van der Waals surface area (Å²) in [5.74, 6) is 0.482. The van der Waals surface area contributed by atoms with Crippen LogP contribution in [0.1, 0.15) is 32.3 Å². The number of benzene rings is 2. The monoisotopic (exact) mass is 442 g/mol. The Morgan fingerprint density at radius 3 is 2.26 bits per heavy atom. The second-order valence-corrected chi connectivity index (χ2v) is 8.76. The van der Waals surface area contributed by atoms with E-state index >= 15 is 0 Å². The van der Waals surface area contributed by atoms with Crippen LogP contribution in [0.3, 0.4) is 0 Å². The van der Waals surface area contributed by atoms with Crippen LogP contribution in [0.2, 0.25) is 0 Å². The molecular formula is C24H30N2O4S. The van der Waals surface area contributed by atoms with Crippen LogP contribution in [0, 0.1) is 5.92 Å². The fourth-order valence-electron chi connectivity index (χ4n) is 2.89. The van der Waals surface area contributed by atoms with Crippen molar-refractivity contribution in [3.63, 3.8) is 0 Å². The maximum atomic E-state index is 12.7. The quantitative estimate of drug-likeness (QED) is 0.380. The predicted molar refractivity (Wildman–Crippen MR) is 123 cm³/mol. The van der Waals surface area contributed by atoms with Crippen LogP contribution in [0.15, 0.2) is 65.6 Å². The van der Waals surface area contributed by atoms with Crippen LogP contribution in [0.5, 0.6) is 0 Å². The predicted octanol–water partition coefficient (Wildman–Crippen LogP) is 4.19. The molecule has 0 saturated heterocycles. The van der Waals surface area contributed by atoms with Crippen LogP contribution >= 0.6 is 11.8 Å².